The van der Waals surface area contributed by atoms with Gasteiger partial charge in [-0.15, -0.1) is 0 Å². The van der Waals surface area contributed by atoms with Crippen molar-refractivity contribution in [2.24, 2.45) is 0 Å². The van der Waals surface area contributed by atoms with E-state index in [0.717, 1.165) is 5.56 Å². The van der Waals surface area contributed by atoms with Crippen LogP contribution in [0.25, 0.3) is 11.1 Å². The van der Waals surface area contributed by atoms with Crippen molar-refractivity contribution in [1.82, 2.24) is 15.0 Å². The highest BCUT2D eigenvalue weighted by atomic mass is 32.2. The van der Waals surface area contributed by atoms with E-state index in [1.54, 1.807) is 37.5 Å². The van der Waals surface area contributed by atoms with E-state index in [-0.39, 0.29) is 11.6 Å². The molecule has 1 saturated carbocycles. The molecule has 1 amide bonds. The van der Waals surface area contributed by atoms with Crippen LogP contribution in [0, 0.1) is 5.82 Å². The summed E-state index contributed by atoms with van der Waals surface area (Å²) in [6, 6.07) is 9.66. The van der Waals surface area contributed by atoms with Crippen molar-refractivity contribution in [2.45, 2.75) is 37.4 Å². The number of sulfonamides is 1. The van der Waals surface area contributed by atoms with Crippen LogP contribution in [-0.4, -0.2) is 34.5 Å². The Kier molecular flexibility index (Phi) is 6.13. The summed E-state index contributed by atoms with van der Waals surface area (Å²) in [6.07, 6.45) is 6.26. The van der Waals surface area contributed by atoms with Gasteiger partial charge < -0.3 is 5.32 Å². The summed E-state index contributed by atoms with van der Waals surface area (Å²) >= 11 is 0. The van der Waals surface area contributed by atoms with Crippen molar-refractivity contribution in [2.75, 3.05) is 10.0 Å². The average molecular weight is 456 g/mol. The Labute approximate surface area is 185 Å². The lowest BCUT2D eigenvalue weighted by Gasteiger charge is -2.16. The molecule has 166 valence electrons. The molecule has 3 aromatic rings. The summed E-state index contributed by atoms with van der Waals surface area (Å²) < 4.78 is 41.3. The van der Waals surface area contributed by atoms with Crippen LogP contribution in [0.1, 0.15) is 37.8 Å². The zero-order valence-electron chi connectivity index (χ0n) is 17.3. The summed E-state index contributed by atoms with van der Waals surface area (Å²) in [5.41, 5.74) is 1.80. The SMILES string of the molecule is CCC(C(=O)Nc1ccc(-c2cccnc2)cc1F)c1ccnc(NS(=O)(=O)C2CC2)n1. The predicted octanol–water partition coefficient (Wildman–Crippen LogP) is 3.71. The molecule has 2 N–H and O–H groups in total. The number of rotatable bonds is 8. The molecule has 1 fully saturated rings. The number of pyridine rings is 1. The van der Waals surface area contributed by atoms with Crippen LogP contribution >= 0.6 is 0 Å². The molecule has 4 rings (SSSR count). The molecule has 0 saturated heterocycles. The van der Waals surface area contributed by atoms with Crippen LogP contribution in [0.5, 0.6) is 0 Å². The Morgan fingerprint density at radius 2 is 2.00 bits per heavy atom. The first kappa shape index (κ1) is 21.8. The molecule has 1 atom stereocenters. The fraction of sp³-hybridized carbons (Fsp3) is 0.273. The van der Waals surface area contributed by atoms with E-state index in [0.29, 0.717) is 30.5 Å². The fourth-order valence-electron chi connectivity index (χ4n) is 3.28. The van der Waals surface area contributed by atoms with Crippen molar-refractivity contribution in [3.05, 3.63) is 66.5 Å². The Hall–Kier alpha value is -3.40. The van der Waals surface area contributed by atoms with E-state index in [9.17, 15) is 17.6 Å². The van der Waals surface area contributed by atoms with Gasteiger partial charge in [-0.1, -0.05) is 19.1 Å². The summed E-state index contributed by atoms with van der Waals surface area (Å²) in [5, 5.41) is 2.19. The lowest BCUT2D eigenvalue weighted by Crippen LogP contribution is -2.23. The minimum absolute atomic E-state index is 0.0461. The van der Waals surface area contributed by atoms with Gasteiger partial charge in [0.05, 0.1) is 22.5 Å². The van der Waals surface area contributed by atoms with E-state index in [1.807, 2.05) is 6.07 Å². The first-order valence-electron chi connectivity index (χ1n) is 10.2. The quantitative estimate of drug-likeness (QED) is 0.535. The zero-order chi connectivity index (χ0) is 22.7. The van der Waals surface area contributed by atoms with Gasteiger partial charge in [-0.3, -0.25) is 14.5 Å². The third-order valence-electron chi connectivity index (χ3n) is 5.18. The zero-order valence-corrected chi connectivity index (χ0v) is 18.1. The lowest BCUT2D eigenvalue weighted by molar-refractivity contribution is -0.117. The molecule has 1 aliphatic rings. The maximum atomic E-state index is 14.7. The Balaban J connectivity index is 1.50. The van der Waals surface area contributed by atoms with E-state index in [4.69, 9.17) is 0 Å². The van der Waals surface area contributed by atoms with Crippen LogP contribution in [-0.2, 0) is 14.8 Å². The van der Waals surface area contributed by atoms with E-state index < -0.39 is 32.9 Å². The smallest absolute Gasteiger partial charge is 0.237 e. The molecule has 2 aromatic heterocycles. The molecule has 1 unspecified atom stereocenters. The second-order valence-corrected chi connectivity index (χ2v) is 9.50. The Bertz CT molecular complexity index is 1230. The van der Waals surface area contributed by atoms with Crippen LogP contribution in [0.4, 0.5) is 16.0 Å². The number of hydrogen-bond acceptors (Lipinski definition) is 6. The van der Waals surface area contributed by atoms with E-state index >= 15 is 0 Å². The van der Waals surface area contributed by atoms with Gasteiger partial charge in [0.25, 0.3) is 0 Å². The average Bonchev–Trinajstić information content (AvgIpc) is 3.63. The molecule has 0 bridgehead atoms. The molecule has 1 aliphatic carbocycles. The molecule has 8 nitrogen and oxygen atoms in total. The van der Waals surface area contributed by atoms with E-state index in [2.05, 4.69) is 25.0 Å². The third-order valence-corrected chi connectivity index (χ3v) is 6.99. The molecular formula is C22H22FN5O3S. The third kappa shape index (κ3) is 4.91. The largest absolute Gasteiger partial charge is 0.323 e. The van der Waals surface area contributed by atoms with Crippen LogP contribution in [0.2, 0.25) is 0 Å². The first-order chi connectivity index (χ1) is 15.4. The highest BCUT2D eigenvalue weighted by Crippen LogP contribution is 2.30. The Morgan fingerprint density at radius 1 is 1.19 bits per heavy atom. The standard InChI is InChI=1S/C22H22FN5O3S/c1-2-17(19-9-11-25-22(27-19)28-32(30,31)16-6-7-16)21(29)26-20-8-5-14(12-18(20)23)15-4-3-10-24-13-15/h3-5,8-13,16-17H,2,6-7H2,1H3,(H,26,29)(H,25,27,28). The summed E-state index contributed by atoms with van der Waals surface area (Å²) in [4.78, 5) is 25.1. The van der Waals surface area contributed by atoms with Crippen LogP contribution < -0.4 is 10.0 Å². The molecule has 0 spiro atoms. The molecule has 0 aliphatic heterocycles. The Morgan fingerprint density at radius 3 is 2.66 bits per heavy atom. The van der Waals surface area contributed by atoms with Gasteiger partial charge in [0.1, 0.15) is 5.82 Å². The van der Waals surface area contributed by atoms with Gasteiger partial charge in [0, 0.05) is 24.2 Å². The van der Waals surface area contributed by atoms with Gasteiger partial charge in [-0.05, 0) is 49.1 Å². The minimum atomic E-state index is -3.52. The predicted molar refractivity (Wildman–Crippen MR) is 119 cm³/mol. The molecule has 1 aromatic carbocycles. The maximum Gasteiger partial charge on any atom is 0.237 e. The monoisotopic (exact) mass is 455 g/mol. The number of carbonyl (C=O) groups excluding carboxylic acids is 1. The summed E-state index contributed by atoms with van der Waals surface area (Å²) in [5.74, 6) is -1.81. The van der Waals surface area contributed by atoms with Crippen LogP contribution in [0.15, 0.2) is 55.0 Å². The highest BCUT2D eigenvalue weighted by Gasteiger charge is 2.36. The second-order valence-electron chi connectivity index (χ2n) is 7.54. The molecule has 10 heteroatoms. The number of halogens is 1. The van der Waals surface area contributed by atoms with Gasteiger partial charge in [-0.25, -0.2) is 22.8 Å². The van der Waals surface area contributed by atoms with Crippen LogP contribution in [0.3, 0.4) is 0 Å². The molecule has 32 heavy (non-hydrogen) atoms. The molecule has 2 heterocycles. The minimum Gasteiger partial charge on any atom is -0.323 e. The summed E-state index contributed by atoms with van der Waals surface area (Å²) in [7, 11) is -3.52. The fourth-order valence-corrected chi connectivity index (χ4v) is 4.56. The molecular weight excluding hydrogens is 433 g/mol. The second kappa shape index (κ2) is 8.99. The van der Waals surface area contributed by atoms with Gasteiger partial charge in [0.2, 0.25) is 21.9 Å². The normalized spacial score (nSPS) is 14.6. The number of anilines is 2. The number of nitrogens with one attached hydrogen (secondary N) is 2. The van der Waals surface area contributed by atoms with E-state index in [1.165, 1.54) is 18.3 Å². The number of benzene rings is 1. The maximum absolute atomic E-state index is 14.7. The topological polar surface area (TPSA) is 114 Å². The number of aromatic nitrogens is 3. The number of hydrogen-bond donors (Lipinski definition) is 2. The highest BCUT2D eigenvalue weighted by molar-refractivity contribution is 7.93. The van der Waals surface area contributed by atoms with Gasteiger partial charge in [0.15, 0.2) is 0 Å². The van der Waals surface area contributed by atoms with Crippen molar-refractivity contribution in [3.63, 3.8) is 0 Å². The van der Waals surface area contributed by atoms with Crippen molar-refractivity contribution in [3.8, 4) is 11.1 Å². The number of carbonyl (C=O) groups is 1. The van der Waals surface area contributed by atoms with Crippen molar-refractivity contribution >= 4 is 27.6 Å². The molecule has 0 radical (unpaired) electrons. The lowest BCUT2D eigenvalue weighted by atomic mass is 10.0. The number of nitrogens with zero attached hydrogens (tertiary/aromatic N) is 3. The number of amides is 1. The van der Waals surface area contributed by atoms with Gasteiger partial charge in [-0.2, -0.15) is 0 Å². The first-order valence-corrected chi connectivity index (χ1v) is 11.8. The van der Waals surface area contributed by atoms with Crippen molar-refractivity contribution < 1.29 is 17.6 Å². The van der Waals surface area contributed by atoms with Crippen molar-refractivity contribution in [1.29, 1.82) is 0 Å². The van der Waals surface area contributed by atoms with Gasteiger partial charge >= 0.3 is 0 Å². The summed E-state index contributed by atoms with van der Waals surface area (Å²) in [6.45, 7) is 1.79.